The molecule has 5 nitrogen and oxygen atoms in total. The monoisotopic (exact) mass is 372 g/mol. The Morgan fingerprint density at radius 2 is 2.04 bits per heavy atom. The van der Waals surface area contributed by atoms with Crippen molar-refractivity contribution in [2.24, 2.45) is 5.92 Å². The zero-order valence-corrected chi connectivity index (χ0v) is 15.5. The van der Waals surface area contributed by atoms with Crippen LogP contribution in [-0.4, -0.2) is 44.0 Å². The number of hydrogen-bond acceptors (Lipinski definition) is 3. The highest BCUT2D eigenvalue weighted by atomic mass is 35.5. The first-order valence-corrected chi connectivity index (χ1v) is 8.86. The Morgan fingerprint density at radius 1 is 1.23 bits per heavy atom. The standard InChI is InChI=1S/C20H21ClN2O3/c1-22-19(24)15-8-9-23(12-15)20(25)14-5-3-4-13(10-14)17-11-16(21)6-7-18(17)26-2/h3-7,10-11,15H,8-9,12H2,1-2H3,(H,22,24)/t15-/m1/s1. The van der Waals surface area contributed by atoms with Crippen LogP contribution in [-0.2, 0) is 4.79 Å². The summed E-state index contributed by atoms with van der Waals surface area (Å²) in [5.41, 5.74) is 2.28. The molecule has 1 heterocycles. The summed E-state index contributed by atoms with van der Waals surface area (Å²) in [7, 11) is 3.22. The normalized spacial score (nSPS) is 16.4. The van der Waals surface area contributed by atoms with E-state index in [0.29, 0.717) is 35.8 Å². The lowest BCUT2D eigenvalue weighted by Gasteiger charge is -2.17. The van der Waals surface area contributed by atoms with Gasteiger partial charge in [-0.2, -0.15) is 0 Å². The number of hydrogen-bond donors (Lipinski definition) is 1. The van der Waals surface area contributed by atoms with E-state index in [9.17, 15) is 9.59 Å². The van der Waals surface area contributed by atoms with Crippen molar-refractivity contribution < 1.29 is 14.3 Å². The summed E-state index contributed by atoms with van der Waals surface area (Å²) in [6.07, 6.45) is 0.688. The third kappa shape index (κ3) is 3.68. The van der Waals surface area contributed by atoms with Crippen molar-refractivity contribution in [2.75, 3.05) is 27.2 Å². The Bertz CT molecular complexity index is 838. The van der Waals surface area contributed by atoms with Gasteiger partial charge < -0.3 is 15.0 Å². The molecule has 2 aromatic carbocycles. The third-order valence-electron chi connectivity index (χ3n) is 4.67. The van der Waals surface area contributed by atoms with Crippen LogP contribution >= 0.6 is 11.6 Å². The summed E-state index contributed by atoms with van der Waals surface area (Å²) in [4.78, 5) is 26.4. The number of carbonyl (C=O) groups is 2. The highest BCUT2D eigenvalue weighted by molar-refractivity contribution is 6.31. The number of amides is 2. The highest BCUT2D eigenvalue weighted by Gasteiger charge is 2.31. The maximum absolute atomic E-state index is 12.8. The molecule has 0 saturated carbocycles. The molecule has 1 aliphatic heterocycles. The van der Waals surface area contributed by atoms with Crippen LogP contribution in [0, 0.1) is 5.92 Å². The minimum absolute atomic E-state index is 0.0160. The van der Waals surface area contributed by atoms with Crippen molar-refractivity contribution in [2.45, 2.75) is 6.42 Å². The van der Waals surface area contributed by atoms with Crippen molar-refractivity contribution in [3.05, 3.63) is 53.1 Å². The van der Waals surface area contributed by atoms with Gasteiger partial charge in [0.2, 0.25) is 5.91 Å². The molecule has 136 valence electrons. The molecule has 0 unspecified atom stereocenters. The van der Waals surface area contributed by atoms with Crippen LogP contribution in [0.4, 0.5) is 0 Å². The van der Waals surface area contributed by atoms with E-state index >= 15 is 0 Å². The zero-order valence-electron chi connectivity index (χ0n) is 14.8. The Kier molecular flexibility index (Phi) is 5.47. The predicted octanol–water partition coefficient (Wildman–Crippen LogP) is 3.22. The van der Waals surface area contributed by atoms with Crippen molar-refractivity contribution in [1.82, 2.24) is 10.2 Å². The van der Waals surface area contributed by atoms with E-state index in [2.05, 4.69) is 5.32 Å². The molecule has 2 amide bonds. The molecule has 2 aromatic rings. The zero-order chi connectivity index (χ0) is 18.7. The fourth-order valence-electron chi connectivity index (χ4n) is 3.27. The second kappa shape index (κ2) is 7.79. The van der Waals surface area contributed by atoms with Crippen molar-refractivity contribution >= 4 is 23.4 Å². The molecular formula is C20H21ClN2O3. The summed E-state index contributed by atoms with van der Waals surface area (Å²) in [6, 6.07) is 12.8. The lowest BCUT2D eigenvalue weighted by Crippen LogP contribution is -2.33. The molecule has 1 atom stereocenters. The van der Waals surface area contributed by atoms with Crippen molar-refractivity contribution in [3.8, 4) is 16.9 Å². The summed E-state index contributed by atoms with van der Waals surface area (Å²) < 4.78 is 5.41. The quantitative estimate of drug-likeness (QED) is 0.896. The van der Waals surface area contributed by atoms with Crippen LogP contribution in [0.15, 0.2) is 42.5 Å². The van der Waals surface area contributed by atoms with Crippen molar-refractivity contribution in [1.29, 1.82) is 0 Å². The van der Waals surface area contributed by atoms with E-state index in [1.807, 2.05) is 24.3 Å². The minimum atomic E-state index is -0.139. The van der Waals surface area contributed by atoms with Gasteiger partial charge in [0.05, 0.1) is 13.0 Å². The maximum atomic E-state index is 12.8. The van der Waals surface area contributed by atoms with Crippen LogP contribution in [0.2, 0.25) is 5.02 Å². The average Bonchev–Trinajstić information content (AvgIpc) is 3.17. The largest absolute Gasteiger partial charge is 0.496 e. The van der Waals surface area contributed by atoms with Gasteiger partial charge in [0.1, 0.15) is 5.75 Å². The second-order valence-corrected chi connectivity index (χ2v) is 6.71. The summed E-state index contributed by atoms with van der Waals surface area (Å²) >= 11 is 6.12. The maximum Gasteiger partial charge on any atom is 0.253 e. The molecular weight excluding hydrogens is 352 g/mol. The molecule has 6 heteroatoms. The minimum Gasteiger partial charge on any atom is -0.496 e. The number of rotatable bonds is 4. The van der Waals surface area contributed by atoms with E-state index in [0.717, 1.165) is 11.1 Å². The Labute approximate surface area is 157 Å². The number of likely N-dealkylation sites (tertiary alicyclic amines) is 1. The van der Waals surface area contributed by atoms with Gasteiger partial charge in [-0.3, -0.25) is 9.59 Å². The van der Waals surface area contributed by atoms with Gasteiger partial charge >= 0.3 is 0 Å². The van der Waals surface area contributed by atoms with Gasteiger partial charge in [-0.15, -0.1) is 0 Å². The first-order valence-electron chi connectivity index (χ1n) is 8.48. The SMILES string of the molecule is CNC(=O)[C@@H]1CCN(C(=O)c2cccc(-c3cc(Cl)ccc3OC)c2)C1. The molecule has 1 saturated heterocycles. The van der Waals surface area contributed by atoms with Crippen LogP contribution < -0.4 is 10.1 Å². The number of benzene rings is 2. The summed E-state index contributed by atoms with van der Waals surface area (Å²) in [5, 5.41) is 3.25. The van der Waals surface area contributed by atoms with Gasteiger partial charge in [0.25, 0.3) is 5.91 Å². The lowest BCUT2D eigenvalue weighted by atomic mass is 10.0. The van der Waals surface area contributed by atoms with Crippen LogP contribution in [0.25, 0.3) is 11.1 Å². The molecule has 0 bridgehead atoms. The summed E-state index contributed by atoms with van der Waals surface area (Å²) in [5.74, 6) is 0.469. The lowest BCUT2D eigenvalue weighted by molar-refractivity contribution is -0.124. The Balaban J connectivity index is 1.85. The van der Waals surface area contributed by atoms with Gasteiger partial charge in [-0.1, -0.05) is 23.7 Å². The van der Waals surface area contributed by atoms with E-state index in [1.54, 1.807) is 37.3 Å². The molecule has 0 aromatic heterocycles. The Hall–Kier alpha value is -2.53. The second-order valence-electron chi connectivity index (χ2n) is 6.28. The fourth-order valence-corrected chi connectivity index (χ4v) is 3.44. The molecule has 0 spiro atoms. The number of methoxy groups -OCH3 is 1. The first kappa shape index (κ1) is 18.3. The number of halogens is 1. The smallest absolute Gasteiger partial charge is 0.253 e. The van der Waals surface area contributed by atoms with Gasteiger partial charge in [0.15, 0.2) is 0 Å². The predicted molar refractivity (Wildman–Crippen MR) is 102 cm³/mol. The molecule has 0 aliphatic carbocycles. The van der Waals surface area contributed by atoms with Crippen LogP contribution in [0.1, 0.15) is 16.8 Å². The van der Waals surface area contributed by atoms with Gasteiger partial charge in [-0.25, -0.2) is 0 Å². The number of ether oxygens (including phenoxy) is 1. The van der Waals surface area contributed by atoms with Gasteiger partial charge in [-0.05, 0) is 42.3 Å². The summed E-state index contributed by atoms with van der Waals surface area (Å²) in [6.45, 7) is 1.03. The van der Waals surface area contributed by atoms with Crippen LogP contribution in [0.5, 0.6) is 5.75 Å². The van der Waals surface area contributed by atoms with Crippen LogP contribution in [0.3, 0.4) is 0 Å². The first-order chi connectivity index (χ1) is 12.5. The van der Waals surface area contributed by atoms with E-state index < -0.39 is 0 Å². The van der Waals surface area contributed by atoms with Gasteiger partial charge in [0, 0.05) is 36.3 Å². The number of carbonyl (C=O) groups excluding carboxylic acids is 2. The topological polar surface area (TPSA) is 58.6 Å². The molecule has 0 radical (unpaired) electrons. The number of nitrogens with zero attached hydrogens (tertiary/aromatic N) is 1. The fraction of sp³-hybridized carbons (Fsp3) is 0.300. The number of nitrogens with one attached hydrogen (secondary N) is 1. The Morgan fingerprint density at radius 3 is 2.77 bits per heavy atom. The van der Waals surface area contributed by atoms with E-state index in [4.69, 9.17) is 16.3 Å². The third-order valence-corrected chi connectivity index (χ3v) is 4.91. The average molecular weight is 373 g/mol. The molecule has 26 heavy (non-hydrogen) atoms. The molecule has 3 rings (SSSR count). The van der Waals surface area contributed by atoms with Crippen molar-refractivity contribution in [3.63, 3.8) is 0 Å². The molecule has 1 N–H and O–H groups in total. The van der Waals surface area contributed by atoms with E-state index in [-0.39, 0.29) is 17.7 Å². The highest BCUT2D eigenvalue weighted by Crippen LogP contribution is 2.33. The molecule has 1 fully saturated rings. The molecule has 1 aliphatic rings. The van der Waals surface area contributed by atoms with E-state index in [1.165, 1.54) is 0 Å².